The first kappa shape index (κ1) is 23.8. The summed E-state index contributed by atoms with van der Waals surface area (Å²) in [5.41, 5.74) is 0.981. The summed E-state index contributed by atoms with van der Waals surface area (Å²) in [4.78, 5) is 13.4. The van der Waals surface area contributed by atoms with Gasteiger partial charge in [0, 0.05) is 17.4 Å². The number of unbranched alkanes of at least 4 members (excludes halogenated alkanes) is 1. The zero-order valence-electron chi connectivity index (χ0n) is 18.3. The van der Waals surface area contributed by atoms with Gasteiger partial charge in [-0.25, -0.2) is 16.8 Å². The van der Waals surface area contributed by atoms with E-state index >= 15 is 0 Å². The fraction of sp³-hybridized carbons (Fsp3) is 0.318. The van der Waals surface area contributed by atoms with E-state index in [9.17, 15) is 21.6 Å². The van der Waals surface area contributed by atoms with Crippen LogP contribution in [0.25, 0.3) is 11.0 Å². The van der Waals surface area contributed by atoms with Crippen LogP contribution in [0.4, 0.5) is 5.69 Å². The van der Waals surface area contributed by atoms with Crippen molar-refractivity contribution in [2.75, 3.05) is 23.3 Å². The SMILES string of the molecule is CCCCc1oc2ccc(N(S(C)(=O)=O)S(C)(=O)=O)cc2c1C(=O)c1ccc(OC)cc1. The Balaban J connectivity index is 2.24. The number of carbonyl (C=O) groups excluding carboxylic acids is 1. The molecule has 0 aliphatic rings. The second-order valence-electron chi connectivity index (χ2n) is 7.47. The highest BCUT2D eigenvalue weighted by molar-refractivity contribution is 8.09. The first-order valence-electron chi connectivity index (χ1n) is 9.92. The van der Waals surface area contributed by atoms with Crippen LogP contribution in [0.1, 0.15) is 41.4 Å². The standard InChI is InChI=1S/C22H25NO7S2/c1-5-6-7-20-21(22(24)15-8-11-17(29-2)12-9-15)18-14-16(10-13-19(18)30-20)23(31(3,25)26)32(4,27)28/h8-14H,5-7H2,1-4H3. The lowest BCUT2D eigenvalue weighted by molar-refractivity contribution is 0.103. The highest BCUT2D eigenvalue weighted by Crippen LogP contribution is 2.34. The van der Waals surface area contributed by atoms with Crippen LogP contribution in [0.15, 0.2) is 46.9 Å². The van der Waals surface area contributed by atoms with Gasteiger partial charge in [0.2, 0.25) is 20.0 Å². The van der Waals surface area contributed by atoms with Crippen LogP contribution in [-0.4, -0.2) is 42.2 Å². The Hall–Kier alpha value is -2.85. The number of carbonyl (C=O) groups is 1. The van der Waals surface area contributed by atoms with E-state index in [1.54, 1.807) is 24.3 Å². The minimum Gasteiger partial charge on any atom is -0.497 e. The third kappa shape index (κ3) is 4.81. The predicted molar refractivity (Wildman–Crippen MR) is 123 cm³/mol. The number of rotatable bonds is 9. The average molecular weight is 480 g/mol. The lowest BCUT2D eigenvalue weighted by Gasteiger charge is -2.19. The van der Waals surface area contributed by atoms with Gasteiger partial charge in [-0.15, -0.1) is 0 Å². The Labute approximate surface area is 187 Å². The van der Waals surface area contributed by atoms with Crippen LogP contribution >= 0.6 is 0 Å². The van der Waals surface area contributed by atoms with Crippen LogP contribution in [-0.2, 0) is 26.5 Å². The number of nitrogens with zero attached hydrogens (tertiary/aromatic N) is 1. The number of fused-ring (bicyclic) bond motifs is 1. The van der Waals surface area contributed by atoms with Gasteiger partial charge in [-0.3, -0.25) is 4.79 Å². The van der Waals surface area contributed by atoms with Gasteiger partial charge in [-0.05, 0) is 48.9 Å². The maximum absolute atomic E-state index is 13.4. The van der Waals surface area contributed by atoms with Gasteiger partial charge in [-0.1, -0.05) is 13.3 Å². The average Bonchev–Trinajstić information content (AvgIpc) is 3.07. The molecule has 2 aromatic carbocycles. The van der Waals surface area contributed by atoms with E-state index in [1.165, 1.54) is 25.3 Å². The molecule has 0 amide bonds. The van der Waals surface area contributed by atoms with Crippen molar-refractivity contribution in [1.82, 2.24) is 0 Å². The van der Waals surface area contributed by atoms with Gasteiger partial charge >= 0.3 is 0 Å². The number of aryl methyl sites for hydroxylation is 1. The molecule has 0 radical (unpaired) electrons. The highest BCUT2D eigenvalue weighted by atomic mass is 32.3. The molecule has 3 aromatic rings. The first-order valence-corrected chi connectivity index (χ1v) is 13.6. The summed E-state index contributed by atoms with van der Waals surface area (Å²) in [6.45, 7) is 2.02. The molecule has 8 nitrogen and oxygen atoms in total. The molecule has 0 aliphatic heterocycles. The second kappa shape index (κ2) is 8.95. The molecule has 0 aliphatic carbocycles. The second-order valence-corrected chi connectivity index (χ2v) is 11.4. The number of anilines is 1. The third-order valence-electron chi connectivity index (χ3n) is 4.89. The lowest BCUT2D eigenvalue weighted by Crippen LogP contribution is -2.35. The zero-order chi connectivity index (χ0) is 23.7. The summed E-state index contributed by atoms with van der Waals surface area (Å²) in [5.74, 6) is 0.772. The number of hydrogen-bond donors (Lipinski definition) is 0. The van der Waals surface area contributed by atoms with E-state index < -0.39 is 20.0 Å². The molecule has 0 atom stereocenters. The van der Waals surface area contributed by atoms with Crippen LogP contribution in [0.5, 0.6) is 5.75 Å². The molecule has 1 aromatic heterocycles. The molecule has 0 saturated carbocycles. The molecule has 0 bridgehead atoms. The Kier molecular flexibility index (Phi) is 6.66. The number of sulfonamides is 2. The normalized spacial score (nSPS) is 12.1. The molecular weight excluding hydrogens is 454 g/mol. The third-order valence-corrected chi connectivity index (χ3v) is 8.15. The largest absolute Gasteiger partial charge is 0.497 e. The number of furan rings is 1. The first-order chi connectivity index (χ1) is 15.0. The molecule has 172 valence electrons. The molecule has 0 unspecified atom stereocenters. The minimum absolute atomic E-state index is 0.0888. The maximum Gasteiger partial charge on any atom is 0.245 e. The van der Waals surface area contributed by atoms with Gasteiger partial charge in [0.15, 0.2) is 5.78 Å². The van der Waals surface area contributed by atoms with Crippen molar-refractivity contribution in [2.45, 2.75) is 26.2 Å². The molecule has 32 heavy (non-hydrogen) atoms. The molecule has 3 rings (SSSR count). The fourth-order valence-corrected chi connectivity index (χ4v) is 6.49. The molecule has 0 saturated heterocycles. The van der Waals surface area contributed by atoms with Crippen molar-refractivity contribution in [3.05, 3.63) is 59.4 Å². The molecule has 0 fully saturated rings. The van der Waals surface area contributed by atoms with E-state index in [0.717, 1.165) is 25.4 Å². The lowest BCUT2D eigenvalue weighted by atomic mass is 9.98. The highest BCUT2D eigenvalue weighted by Gasteiger charge is 2.29. The molecular formula is C22H25NO7S2. The topological polar surface area (TPSA) is 111 Å². The Morgan fingerprint density at radius 1 is 1.00 bits per heavy atom. The Morgan fingerprint density at radius 3 is 2.16 bits per heavy atom. The zero-order valence-corrected chi connectivity index (χ0v) is 19.9. The molecule has 10 heteroatoms. The Bertz CT molecular complexity index is 1320. The van der Waals surface area contributed by atoms with Crippen molar-refractivity contribution < 1.29 is 30.8 Å². The van der Waals surface area contributed by atoms with Crippen molar-refractivity contribution in [1.29, 1.82) is 0 Å². The number of methoxy groups -OCH3 is 1. The quantitative estimate of drug-likeness (QED) is 0.430. The van der Waals surface area contributed by atoms with E-state index in [-0.39, 0.29) is 11.5 Å². The maximum atomic E-state index is 13.4. The van der Waals surface area contributed by atoms with E-state index in [0.29, 0.717) is 43.7 Å². The van der Waals surface area contributed by atoms with Crippen molar-refractivity contribution in [2.24, 2.45) is 0 Å². The summed E-state index contributed by atoms with van der Waals surface area (Å²) in [6, 6.07) is 10.8. The van der Waals surface area contributed by atoms with Crippen LogP contribution in [0, 0.1) is 0 Å². The van der Waals surface area contributed by atoms with Gasteiger partial charge < -0.3 is 9.15 Å². The van der Waals surface area contributed by atoms with E-state index in [1.807, 2.05) is 6.92 Å². The molecule has 0 spiro atoms. The van der Waals surface area contributed by atoms with Gasteiger partial charge in [0.25, 0.3) is 0 Å². The van der Waals surface area contributed by atoms with E-state index in [4.69, 9.17) is 9.15 Å². The minimum atomic E-state index is -4.13. The van der Waals surface area contributed by atoms with Crippen molar-refractivity contribution >= 4 is 42.5 Å². The molecule has 0 N–H and O–H groups in total. The van der Waals surface area contributed by atoms with Crippen molar-refractivity contribution in [3.8, 4) is 5.75 Å². The van der Waals surface area contributed by atoms with Gasteiger partial charge in [-0.2, -0.15) is 3.71 Å². The summed E-state index contributed by atoms with van der Waals surface area (Å²) in [7, 11) is -6.73. The van der Waals surface area contributed by atoms with Gasteiger partial charge in [0.1, 0.15) is 17.1 Å². The van der Waals surface area contributed by atoms with Crippen LogP contribution in [0.2, 0.25) is 0 Å². The molecule has 1 heterocycles. The van der Waals surface area contributed by atoms with Crippen molar-refractivity contribution in [3.63, 3.8) is 0 Å². The number of benzene rings is 2. The smallest absolute Gasteiger partial charge is 0.245 e. The number of hydrogen-bond acceptors (Lipinski definition) is 7. The monoisotopic (exact) mass is 479 g/mol. The van der Waals surface area contributed by atoms with Gasteiger partial charge in [0.05, 0.1) is 30.9 Å². The fourth-order valence-electron chi connectivity index (χ4n) is 3.53. The summed E-state index contributed by atoms with van der Waals surface area (Å²) in [6.07, 6.45) is 3.80. The van der Waals surface area contributed by atoms with Crippen LogP contribution < -0.4 is 8.45 Å². The summed E-state index contributed by atoms with van der Waals surface area (Å²) in [5, 5.41) is 0.353. The number of ketones is 1. The predicted octanol–water partition coefficient (Wildman–Crippen LogP) is 3.74. The Morgan fingerprint density at radius 2 is 1.62 bits per heavy atom. The number of ether oxygens (including phenoxy) is 1. The van der Waals surface area contributed by atoms with E-state index in [2.05, 4.69) is 0 Å². The van der Waals surface area contributed by atoms with Crippen LogP contribution in [0.3, 0.4) is 0 Å². The summed E-state index contributed by atoms with van der Waals surface area (Å²) >= 11 is 0. The summed E-state index contributed by atoms with van der Waals surface area (Å²) < 4.78 is 60.2.